The van der Waals surface area contributed by atoms with Crippen LogP contribution in [-0.2, 0) is 12.5 Å². The van der Waals surface area contributed by atoms with Crippen molar-refractivity contribution in [2.75, 3.05) is 0 Å². The smallest absolute Gasteiger partial charge is 0.131 e. The summed E-state index contributed by atoms with van der Waals surface area (Å²) in [5.41, 5.74) is 2.43. The van der Waals surface area contributed by atoms with Gasteiger partial charge in [0.25, 0.3) is 0 Å². The Bertz CT molecular complexity index is 864. The highest BCUT2D eigenvalue weighted by molar-refractivity contribution is 5.51. The molecule has 0 spiro atoms. The first-order valence-electron chi connectivity index (χ1n) is 7.57. The van der Waals surface area contributed by atoms with Gasteiger partial charge in [-0.25, -0.2) is 9.67 Å². The van der Waals surface area contributed by atoms with Crippen molar-refractivity contribution in [1.29, 1.82) is 5.26 Å². The Hall–Kier alpha value is -2.94. The molecular weight excluding hydrogens is 288 g/mol. The highest BCUT2D eigenvalue weighted by Gasteiger charge is 2.47. The van der Waals surface area contributed by atoms with E-state index >= 15 is 0 Å². The topological polar surface area (TPSA) is 72.3 Å². The highest BCUT2D eigenvalue weighted by Crippen LogP contribution is 2.49. The van der Waals surface area contributed by atoms with Crippen molar-refractivity contribution in [2.24, 2.45) is 7.05 Å². The molecule has 2 heterocycles. The lowest BCUT2D eigenvalue weighted by Gasteiger charge is -2.42. The summed E-state index contributed by atoms with van der Waals surface area (Å²) < 4.78 is 3.79. The normalized spacial score (nSPS) is 23.2. The van der Waals surface area contributed by atoms with Gasteiger partial charge in [-0.1, -0.05) is 35.5 Å². The van der Waals surface area contributed by atoms with E-state index in [-0.39, 0.29) is 6.04 Å². The summed E-state index contributed by atoms with van der Waals surface area (Å²) in [7, 11) is 1.93. The van der Waals surface area contributed by atoms with Gasteiger partial charge in [-0.2, -0.15) is 5.26 Å². The molecule has 2 aromatic heterocycles. The van der Waals surface area contributed by atoms with E-state index in [1.807, 2.05) is 52.8 Å². The Labute approximate surface area is 134 Å². The van der Waals surface area contributed by atoms with Crippen molar-refractivity contribution in [3.63, 3.8) is 0 Å². The molecule has 1 aliphatic carbocycles. The molecule has 4 rings (SSSR count). The zero-order valence-electron chi connectivity index (χ0n) is 12.8. The van der Waals surface area contributed by atoms with Crippen molar-refractivity contribution >= 4 is 0 Å². The Balaban J connectivity index is 1.56. The van der Waals surface area contributed by atoms with Gasteiger partial charge in [0.05, 0.1) is 41.9 Å². The fourth-order valence-electron chi connectivity index (χ4n) is 3.26. The molecular formula is C17H16N6. The Morgan fingerprint density at radius 3 is 2.70 bits per heavy atom. The predicted octanol–water partition coefficient (Wildman–Crippen LogP) is 2.48. The van der Waals surface area contributed by atoms with Crippen molar-refractivity contribution in [3.05, 3.63) is 54.6 Å². The summed E-state index contributed by atoms with van der Waals surface area (Å²) in [4.78, 5) is 4.11. The second-order valence-electron chi connectivity index (χ2n) is 6.10. The fraction of sp³-hybridized carbons (Fsp3) is 0.294. The van der Waals surface area contributed by atoms with Gasteiger partial charge in [-0.15, -0.1) is 5.10 Å². The molecule has 1 aliphatic rings. The molecule has 1 fully saturated rings. The van der Waals surface area contributed by atoms with Crippen molar-refractivity contribution < 1.29 is 0 Å². The zero-order valence-corrected chi connectivity index (χ0v) is 12.8. The van der Waals surface area contributed by atoms with Crippen LogP contribution in [0.15, 0.2) is 49.1 Å². The number of imidazole rings is 1. The molecule has 0 amide bonds. The largest absolute Gasteiger partial charge is 0.332 e. The monoisotopic (exact) mass is 304 g/mol. The van der Waals surface area contributed by atoms with Gasteiger partial charge in [-0.3, -0.25) is 0 Å². The van der Waals surface area contributed by atoms with Crippen LogP contribution in [0.4, 0.5) is 0 Å². The van der Waals surface area contributed by atoms with Gasteiger partial charge >= 0.3 is 0 Å². The van der Waals surface area contributed by atoms with E-state index < -0.39 is 5.41 Å². The summed E-state index contributed by atoms with van der Waals surface area (Å²) >= 11 is 0. The maximum Gasteiger partial charge on any atom is 0.131 e. The molecule has 0 N–H and O–H groups in total. The van der Waals surface area contributed by atoms with Crippen LogP contribution < -0.4 is 0 Å². The third-order valence-corrected chi connectivity index (χ3v) is 4.67. The van der Waals surface area contributed by atoms with Crippen LogP contribution in [0.1, 0.15) is 24.4 Å². The molecule has 0 atom stereocenters. The Kier molecular flexibility index (Phi) is 3.01. The Morgan fingerprint density at radius 2 is 2.04 bits per heavy atom. The van der Waals surface area contributed by atoms with Gasteiger partial charge in [0.1, 0.15) is 5.69 Å². The molecule has 114 valence electrons. The lowest BCUT2D eigenvalue weighted by atomic mass is 9.62. The van der Waals surface area contributed by atoms with E-state index in [4.69, 9.17) is 0 Å². The summed E-state index contributed by atoms with van der Waals surface area (Å²) in [6.07, 6.45) is 6.99. The first-order valence-corrected chi connectivity index (χ1v) is 7.57. The number of aryl methyl sites for hydroxylation is 1. The van der Waals surface area contributed by atoms with Gasteiger partial charge in [0.15, 0.2) is 0 Å². The molecule has 6 nitrogen and oxygen atoms in total. The van der Waals surface area contributed by atoms with E-state index in [1.165, 1.54) is 0 Å². The minimum Gasteiger partial charge on any atom is -0.332 e. The molecule has 0 unspecified atom stereocenters. The zero-order chi connectivity index (χ0) is 15.9. The third kappa shape index (κ3) is 2.13. The molecule has 0 bridgehead atoms. The van der Waals surface area contributed by atoms with E-state index in [2.05, 4.69) is 21.4 Å². The van der Waals surface area contributed by atoms with Crippen LogP contribution in [0.25, 0.3) is 11.4 Å². The number of aromatic nitrogens is 5. The van der Waals surface area contributed by atoms with Crippen LogP contribution >= 0.6 is 0 Å². The molecule has 3 aromatic rings. The van der Waals surface area contributed by atoms with Crippen molar-refractivity contribution in [2.45, 2.75) is 24.3 Å². The second kappa shape index (κ2) is 5.06. The van der Waals surface area contributed by atoms with Crippen molar-refractivity contribution in [3.8, 4) is 17.5 Å². The van der Waals surface area contributed by atoms with E-state index in [0.717, 1.165) is 29.8 Å². The molecule has 1 saturated carbocycles. The predicted molar refractivity (Wildman–Crippen MR) is 84.2 cm³/mol. The van der Waals surface area contributed by atoms with Gasteiger partial charge in [0, 0.05) is 7.05 Å². The van der Waals surface area contributed by atoms with Crippen LogP contribution in [0.2, 0.25) is 0 Å². The molecule has 23 heavy (non-hydrogen) atoms. The standard InChI is InChI=1S/C17H16N6/c1-22-12-19-9-16(22)15-10-23(21-20-15)14-7-17(8-14,11-18)13-5-3-2-4-6-13/h2-6,9-10,12,14H,7-8H2,1H3. The SMILES string of the molecule is Cn1cncc1-c1cn(C2CC(C#N)(c3ccccc3)C2)nn1. The minimum absolute atomic E-state index is 0.212. The van der Waals surface area contributed by atoms with E-state index in [0.29, 0.717) is 0 Å². The molecule has 6 heteroatoms. The first kappa shape index (κ1) is 13.7. The van der Waals surface area contributed by atoms with Gasteiger partial charge in [-0.05, 0) is 18.4 Å². The second-order valence-corrected chi connectivity index (χ2v) is 6.10. The average molecular weight is 304 g/mol. The third-order valence-electron chi connectivity index (χ3n) is 4.67. The maximum atomic E-state index is 9.64. The lowest BCUT2D eigenvalue weighted by Crippen LogP contribution is -2.41. The van der Waals surface area contributed by atoms with Gasteiger partial charge < -0.3 is 4.57 Å². The summed E-state index contributed by atoms with van der Waals surface area (Å²) in [6, 6.07) is 12.7. The van der Waals surface area contributed by atoms with Crippen LogP contribution in [-0.4, -0.2) is 24.5 Å². The summed E-state index contributed by atoms with van der Waals surface area (Å²) in [6.45, 7) is 0. The van der Waals surface area contributed by atoms with Crippen LogP contribution in [0, 0.1) is 11.3 Å². The lowest BCUT2D eigenvalue weighted by molar-refractivity contribution is 0.184. The fourth-order valence-corrected chi connectivity index (χ4v) is 3.26. The van der Waals surface area contributed by atoms with Gasteiger partial charge in [0.2, 0.25) is 0 Å². The molecule has 0 saturated heterocycles. The number of hydrogen-bond acceptors (Lipinski definition) is 4. The van der Waals surface area contributed by atoms with Crippen molar-refractivity contribution in [1.82, 2.24) is 24.5 Å². The minimum atomic E-state index is -0.398. The number of hydrogen-bond donors (Lipinski definition) is 0. The first-order chi connectivity index (χ1) is 11.2. The van der Waals surface area contributed by atoms with Crippen LogP contribution in [0.3, 0.4) is 0 Å². The Morgan fingerprint density at radius 1 is 1.26 bits per heavy atom. The quantitative estimate of drug-likeness (QED) is 0.745. The highest BCUT2D eigenvalue weighted by atomic mass is 15.4. The number of rotatable bonds is 3. The number of nitriles is 1. The van der Waals surface area contributed by atoms with E-state index in [9.17, 15) is 5.26 Å². The summed E-state index contributed by atoms with van der Waals surface area (Å²) in [5, 5.41) is 18.1. The number of benzene rings is 1. The molecule has 0 radical (unpaired) electrons. The summed E-state index contributed by atoms with van der Waals surface area (Å²) in [5.74, 6) is 0. The molecule has 0 aliphatic heterocycles. The van der Waals surface area contributed by atoms with Crippen LogP contribution in [0.5, 0.6) is 0 Å². The van der Waals surface area contributed by atoms with E-state index in [1.54, 1.807) is 12.5 Å². The molecule has 1 aromatic carbocycles. The number of nitrogens with zero attached hydrogens (tertiary/aromatic N) is 6. The maximum absolute atomic E-state index is 9.64. The average Bonchev–Trinajstić information content (AvgIpc) is 3.17.